The van der Waals surface area contributed by atoms with E-state index in [2.05, 4.69) is 57.8 Å². The summed E-state index contributed by atoms with van der Waals surface area (Å²) in [4.78, 5) is 2.55. The van der Waals surface area contributed by atoms with E-state index in [1.165, 1.54) is 5.56 Å². The van der Waals surface area contributed by atoms with Gasteiger partial charge in [-0.2, -0.15) is 0 Å². The van der Waals surface area contributed by atoms with E-state index < -0.39 is 0 Å². The highest BCUT2D eigenvalue weighted by atomic mass is 16.3. The molecule has 0 spiro atoms. The second-order valence-corrected chi connectivity index (χ2v) is 7.38. The lowest BCUT2D eigenvalue weighted by Crippen LogP contribution is -2.31. The first kappa shape index (κ1) is 18.2. The zero-order valence-corrected chi connectivity index (χ0v) is 14.8. The zero-order valence-electron chi connectivity index (χ0n) is 14.8. The summed E-state index contributed by atoms with van der Waals surface area (Å²) in [6.07, 6.45) is 1.82. The molecule has 1 aromatic rings. The fraction of sp³-hybridized carbons (Fsp3) is 0.778. The molecule has 0 amide bonds. The second kappa shape index (κ2) is 9.26. The van der Waals surface area contributed by atoms with Crippen LogP contribution in [-0.4, -0.2) is 24.5 Å². The van der Waals surface area contributed by atoms with Crippen LogP contribution in [0, 0.1) is 17.8 Å². The van der Waals surface area contributed by atoms with Gasteiger partial charge in [-0.25, -0.2) is 0 Å². The second-order valence-electron chi connectivity index (χ2n) is 7.38. The van der Waals surface area contributed by atoms with Gasteiger partial charge < -0.3 is 9.73 Å². The molecule has 0 atom stereocenters. The summed E-state index contributed by atoms with van der Waals surface area (Å²) in [5.74, 6) is 3.14. The summed E-state index contributed by atoms with van der Waals surface area (Å²) in [5.41, 5.74) is 1.33. The van der Waals surface area contributed by atoms with Gasteiger partial charge in [-0.15, -0.1) is 0 Å². The van der Waals surface area contributed by atoms with E-state index in [1.54, 1.807) is 0 Å². The fourth-order valence-electron chi connectivity index (χ4n) is 2.61. The van der Waals surface area contributed by atoms with Crippen molar-refractivity contribution in [3.8, 4) is 0 Å². The first-order chi connectivity index (χ1) is 9.88. The Balaban J connectivity index is 2.59. The van der Waals surface area contributed by atoms with Crippen LogP contribution in [-0.2, 0) is 13.1 Å². The highest BCUT2D eigenvalue weighted by molar-refractivity contribution is 5.17. The third kappa shape index (κ3) is 7.68. The van der Waals surface area contributed by atoms with E-state index in [-0.39, 0.29) is 0 Å². The lowest BCUT2D eigenvalue weighted by molar-refractivity contribution is 0.210. The third-order valence-corrected chi connectivity index (χ3v) is 3.32. The van der Waals surface area contributed by atoms with E-state index >= 15 is 0 Å². The molecule has 21 heavy (non-hydrogen) atoms. The summed E-state index contributed by atoms with van der Waals surface area (Å²) < 4.78 is 5.67. The van der Waals surface area contributed by atoms with Crippen LogP contribution in [0.15, 0.2) is 16.7 Å². The van der Waals surface area contributed by atoms with Crippen LogP contribution in [0.2, 0.25) is 0 Å². The Labute approximate surface area is 131 Å². The number of hydrogen-bond acceptors (Lipinski definition) is 3. The number of nitrogens with zero attached hydrogens (tertiary/aromatic N) is 1. The van der Waals surface area contributed by atoms with Gasteiger partial charge in [0, 0.05) is 25.2 Å². The van der Waals surface area contributed by atoms with Gasteiger partial charge in [0.15, 0.2) is 0 Å². The minimum absolute atomic E-state index is 0.668. The largest absolute Gasteiger partial charge is 0.468 e. The van der Waals surface area contributed by atoms with Crippen LogP contribution in [0.1, 0.15) is 52.9 Å². The Morgan fingerprint density at radius 2 is 1.62 bits per heavy atom. The number of rotatable bonds is 10. The number of hydrogen-bond donors (Lipinski definition) is 1. The molecular weight excluding hydrogens is 260 g/mol. The molecule has 122 valence electrons. The van der Waals surface area contributed by atoms with Crippen LogP contribution >= 0.6 is 0 Å². The van der Waals surface area contributed by atoms with Gasteiger partial charge in [-0.1, -0.05) is 41.5 Å². The van der Waals surface area contributed by atoms with E-state index in [1.807, 2.05) is 6.26 Å². The average Bonchev–Trinajstić information content (AvgIpc) is 2.74. The minimum atomic E-state index is 0.668. The predicted octanol–water partition coefficient (Wildman–Crippen LogP) is 4.14. The van der Waals surface area contributed by atoms with Crippen molar-refractivity contribution in [3.05, 3.63) is 23.7 Å². The van der Waals surface area contributed by atoms with Crippen molar-refractivity contribution in [2.75, 3.05) is 19.6 Å². The van der Waals surface area contributed by atoms with E-state index in [4.69, 9.17) is 4.42 Å². The van der Waals surface area contributed by atoms with Crippen LogP contribution in [0.5, 0.6) is 0 Å². The Kier molecular flexibility index (Phi) is 8.05. The summed E-state index contributed by atoms with van der Waals surface area (Å²) in [7, 11) is 0. The predicted molar refractivity (Wildman–Crippen MR) is 90.2 cm³/mol. The molecule has 1 aromatic heterocycles. The summed E-state index contributed by atoms with van der Waals surface area (Å²) >= 11 is 0. The molecule has 0 saturated carbocycles. The molecule has 3 nitrogen and oxygen atoms in total. The van der Waals surface area contributed by atoms with Crippen LogP contribution in [0.4, 0.5) is 0 Å². The van der Waals surface area contributed by atoms with Crippen molar-refractivity contribution in [2.24, 2.45) is 17.8 Å². The van der Waals surface area contributed by atoms with Gasteiger partial charge >= 0.3 is 0 Å². The van der Waals surface area contributed by atoms with Crippen LogP contribution in [0.3, 0.4) is 0 Å². The van der Waals surface area contributed by atoms with Crippen LogP contribution in [0.25, 0.3) is 0 Å². The van der Waals surface area contributed by atoms with Crippen molar-refractivity contribution in [1.29, 1.82) is 0 Å². The normalized spacial score (nSPS) is 12.3. The van der Waals surface area contributed by atoms with Gasteiger partial charge in [-0.05, 0) is 30.4 Å². The Hall–Kier alpha value is -0.800. The van der Waals surface area contributed by atoms with Crippen molar-refractivity contribution >= 4 is 0 Å². The summed E-state index contributed by atoms with van der Waals surface area (Å²) in [6.45, 7) is 18.7. The van der Waals surface area contributed by atoms with E-state index in [9.17, 15) is 0 Å². The molecule has 0 bridgehead atoms. The molecule has 1 heterocycles. The molecule has 0 aliphatic heterocycles. The molecule has 0 aliphatic carbocycles. The smallest absolute Gasteiger partial charge is 0.122 e. The number of furan rings is 1. The zero-order chi connectivity index (χ0) is 15.8. The first-order valence-electron chi connectivity index (χ1n) is 8.36. The van der Waals surface area contributed by atoms with Gasteiger partial charge in [0.2, 0.25) is 0 Å². The number of nitrogens with one attached hydrogen (secondary N) is 1. The van der Waals surface area contributed by atoms with Crippen LogP contribution < -0.4 is 5.32 Å². The molecule has 0 aromatic carbocycles. The van der Waals surface area contributed by atoms with Crippen molar-refractivity contribution < 1.29 is 4.42 Å². The molecule has 0 saturated heterocycles. The molecule has 0 unspecified atom stereocenters. The molecule has 0 fully saturated rings. The molecule has 0 radical (unpaired) electrons. The SMILES string of the molecule is CC(C)CNCc1occc1CN(CC(C)C)CC(C)C. The molecule has 1 rings (SSSR count). The lowest BCUT2D eigenvalue weighted by Gasteiger charge is -2.26. The average molecular weight is 294 g/mol. The van der Waals surface area contributed by atoms with Gasteiger partial charge in [0.25, 0.3) is 0 Å². The van der Waals surface area contributed by atoms with Crippen molar-refractivity contribution in [1.82, 2.24) is 10.2 Å². The quantitative estimate of drug-likeness (QED) is 0.703. The summed E-state index contributed by atoms with van der Waals surface area (Å²) in [6, 6.07) is 2.13. The lowest BCUT2D eigenvalue weighted by atomic mass is 10.1. The first-order valence-corrected chi connectivity index (χ1v) is 8.36. The molecular formula is C18H34N2O. The maximum Gasteiger partial charge on any atom is 0.122 e. The van der Waals surface area contributed by atoms with E-state index in [0.717, 1.165) is 38.5 Å². The van der Waals surface area contributed by atoms with Gasteiger partial charge in [0.05, 0.1) is 12.8 Å². The van der Waals surface area contributed by atoms with Gasteiger partial charge in [0.1, 0.15) is 5.76 Å². The highest BCUT2D eigenvalue weighted by Crippen LogP contribution is 2.15. The molecule has 3 heteroatoms. The van der Waals surface area contributed by atoms with Crippen molar-refractivity contribution in [3.63, 3.8) is 0 Å². The Bertz CT molecular complexity index is 372. The Morgan fingerprint density at radius 3 is 2.14 bits per heavy atom. The maximum atomic E-state index is 5.67. The fourth-order valence-corrected chi connectivity index (χ4v) is 2.61. The Morgan fingerprint density at radius 1 is 1.00 bits per heavy atom. The third-order valence-electron chi connectivity index (χ3n) is 3.32. The minimum Gasteiger partial charge on any atom is -0.468 e. The highest BCUT2D eigenvalue weighted by Gasteiger charge is 2.14. The molecule has 1 N–H and O–H groups in total. The van der Waals surface area contributed by atoms with E-state index in [0.29, 0.717) is 17.8 Å². The van der Waals surface area contributed by atoms with Crippen molar-refractivity contribution in [2.45, 2.75) is 54.6 Å². The standard InChI is InChI=1S/C18H34N2O/c1-14(2)9-19-10-18-17(7-8-21-18)13-20(11-15(3)4)12-16(5)6/h7-8,14-16,19H,9-13H2,1-6H3. The monoisotopic (exact) mass is 294 g/mol. The maximum absolute atomic E-state index is 5.67. The van der Waals surface area contributed by atoms with Gasteiger partial charge in [-0.3, -0.25) is 4.90 Å². The summed E-state index contributed by atoms with van der Waals surface area (Å²) in [5, 5.41) is 3.47. The topological polar surface area (TPSA) is 28.4 Å². The molecule has 0 aliphatic rings.